The van der Waals surface area contributed by atoms with Crippen molar-refractivity contribution in [3.8, 4) is 0 Å². The Labute approximate surface area is 105 Å². The van der Waals surface area contributed by atoms with E-state index in [1.54, 1.807) is 0 Å². The zero-order valence-corrected chi connectivity index (χ0v) is 10.2. The first-order valence-corrected chi connectivity index (χ1v) is 5.89. The van der Waals surface area contributed by atoms with Gasteiger partial charge in [0, 0.05) is 18.2 Å². The van der Waals surface area contributed by atoms with Gasteiger partial charge in [0.15, 0.2) is 0 Å². The van der Waals surface area contributed by atoms with Crippen molar-refractivity contribution >= 4 is 0 Å². The van der Waals surface area contributed by atoms with Crippen molar-refractivity contribution in [1.82, 2.24) is 5.32 Å². The van der Waals surface area contributed by atoms with Gasteiger partial charge in [-0.3, -0.25) is 0 Å². The minimum absolute atomic E-state index is 0.0465. The first kappa shape index (κ1) is 12.7. The van der Waals surface area contributed by atoms with Gasteiger partial charge in [0.05, 0.1) is 0 Å². The van der Waals surface area contributed by atoms with Crippen LogP contribution in [0.3, 0.4) is 0 Å². The molecule has 1 nitrogen and oxygen atoms in total. The van der Waals surface area contributed by atoms with E-state index in [1.807, 2.05) is 37.3 Å². The molecule has 0 fully saturated rings. The predicted molar refractivity (Wildman–Crippen MR) is 68.1 cm³/mol. The van der Waals surface area contributed by atoms with Gasteiger partial charge in [0.25, 0.3) is 0 Å². The van der Waals surface area contributed by atoms with Crippen molar-refractivity contribution in [3.05, 3.63) is 71.3 Å². The van der Waals surface area contributed by atoms with Crippen LogP contribution in [-0.2, 0) is 6.54 Å². The molecule has 3 heteroatoms. The Morgan fingerprint density at radius 3 is 2.17 bits per heavy atom. The summed E-state index contributed by atoms with van der Waals surface area (Å²) in [5.41, 5.74) is 1.18. The minimum Gasteiger partial charge on any atom is -0.306 e. The van der Waals surface area contributed by atoms with Crippen LogP contribution in [0.1, 0.15) is 24.1 Å². The Bertz CT molecular complexity index is 491. The highest BCUT2D eigenvalue weighted by atomic mass is 19.1. The molecule has 0 heterocycles. The summed E-state index contributed by atoms with van der Waals surface area (Å²) in [5, 5.41) is 3.12. The van der Waals surface area contributed by atoms with Crippen molar-refractivity contribution in [2.24, 2.45) is 0 Å². The number of hydrogen-bond acceptors (Lipinski definition) is 1. The van der Waals surface area contributed by atoms with Crippen molar-refractivity contribution in [2.75, 3.05) is 0 Å². The van der Waals surface area contributed by atoms with E-state index in [0.717, 1.165) is 5.56 Å². The largest absolute Gasteiger partial charge is 0.306 e. The molecule has 0 aliphatic rings. The van der Waals surface area contributed by atoms with E-state index >= 15 is 0 Å². The van der Waals surface area contributed by atoms with E-state index in [1.165, 1.54) is 18.2 Å². The maximum Gasteiger partial charge on any atom is 0.130 e. The lowest BCUT2D eigenvalue weighted by Gasteiger charge is -2.14. The van der Waals surface area contributed by atoms with E-state index in [2.05, 4.69) is 5.32 Å². The van der Waals surface area contributed by atoms with Gasteiger partial charge in [-0.25, -0.2) is 8.78 Å². The van der Waals surface area contributed by atoms with Crippen molar-refractivity contribution in [2.45, 2.75) is 19.5 Å². The summed E-state index contributed by atoms with van der Waals surface area (Å²) in [6.45, 7) is 2.14. The summed E-state index contributed by atoms with van der Waals surface area (Å²) in [7, 11) is 0. The average molecular weight is 247 g/mol. The Balaban J connectivity index is 2.04. The summed E-state index contributed by atoms with van der Waals surface area (Å²) in [6.07, 6.45) is 0. The molecule has 0 spiro atoms. The molecule has 2 aromatic rings. The van der Waals surface area contributed by atoms with Crippen LogP contribution < -0.4 is 5.32 Å². The first-order valence-electron chi connectivity index (χ1n) is 5.89. The Morgan fingerprint density at radius 2 is 1.56 bits per heavy atom. The maximum absolute atomic E-state index is 13.4. The lowest BCUT2D eigenvalue weighted by Crippen LogP contribution is -2.19. The molecule has 1 N–H and O–H groups in total. The molecule has 0 radical (unpaired) electrons. The zero-order chi connectivity index (χ0) is 13.0. The van der Waals surface area contributed by atoms with Crippen LogP contribution in [0.5, 0.6) is 0 Å². The second kappa shape index (κ2) is 5.74. The monoisotopic (exact) mass is 247 g/mol. The number of hydrogen-bond donors (Lipinski definition) is 1. The summed E-state index contributed by atoms with van der Waals surface area (Å²) in [4.78, 5) is 0. The van der Waals surface area contributed by atoms with E-state index < -0.39 is 11.6 Å². The molecule has 0 aliphatic heterocycles. The quantitative estimate of drug-likeness (QED) is 0.866. The summed E-state index contributed by atoms with van der Waals surface area (Å²) >= 11 is 0. The highest BCUT2D eigenvalue weighted by Gasteiger charge is 2.10. The Kier molecular flexibility index (Phi) is 4.05. The Hall–Kier alpha value is -1.74. The third-order valence-corrected chi connectivity index (χ3v) is 2.95. The Morgan fingerprint density at radius 1 is 0.944 bits per heavy atom. The normalized spacial score (nSPS) is 12.4. The van der Waals surface area contributed by atoms with Crippen molar-refractivity contribution in [1.29, 1.82) is 0 Å². The van der Waals surface area contributed by atoms with Crippen molar-refractivity contribution in [3.63, 3.8) is 0 Å². The standard InChI is InChI=1S/C15H15F2N/c1-11(12-6-3-2-4-7-12)18-10-13-14(16)8-5-9-15(13)17/h2-9,11,18H,10H2,1H3/t11-/m1/s1. The molecule has 2 rings (SSSR count). The molecule has 0 aliphatic carbocycles. The molecular weight excluding hydrogens is 232 g/mol. The molecule has 0 aromatic heterocycles. The van der Waals surface area contributed by atoms with E-state index in [-0.39, 0.29) is 18.2 Å². The molecule has 0 saturated heterocycles. The fourth-order valence-electron chi connectivity index (χ4n) is 1.82. The highest BCUT2D eigenvalue weighted by molar-refractivity contribution is 5.21. The second-order valence-electron chi connectivity index (χ2n) is 4.21. The topological polar surface area (TPSA) is 12.0 Å². The van der Waals surface area contributed by atoms with Crippen LogP contribution in [0.25, 0.3) is 0 Å². The van der Waals surface area contributed by atoms with Gasteiger partial charge in [-0.2, -0.15) is 0 Å². The van der Waals surface area contributed by atoms with E-state index in [0.29, 0.717) is 0 Å². The summed E-state index contributed by atoms with van der Waals surface area (Å²) in [5.74, 6) is -1.02. The van der Waals surface area contributed by atoms with Gasteiger partial charge in [-0.05, 0) is 24.6 Å². The summed E-state index contributed by atoms with van der Waals surface area (Å²) < 4.78 is 26.8. The summed E-state index contributed by atoms with van der Waals surface area (Å²) in [6, 6.07) is 13.7. The van der Waals surface area contributed by atoms with Crippen LogP contribution in [-0.4, -0.2) is 0 Å². The van der Waals surface area contributed by atoms with Crippen LogP contribution in [0.15, 0.2) is 48.5 Å². The van der Waals surface area contributed by atoms with Gasteiger partial charge in [0.1, 0.15) is 11.6 Å². The predicted octanol–water partition coefficient (Wildman–Crippen LogP) is 3.82. The number of nitrogens with one attached hydrogen (secondary N) is 1. The highest BCUT2D eigenvalue weighted by Crippen LogP contribution is 2.15. The first-order chi connectivity index (χ1) is 8.68. The second-order valence-corrected chi connectivity index (χ2v) is 4.21. The number of rotatable bonds is 4. The maximum atomic E-state index is 13.4. The van der Waals surface area contributed by atoms with Gasteiger partial charge in [-0.15, -0.1) is 0 Å². The van der Waals surface area contributed by atoms with Gasteiger partial charge >= 0.3 is 0 Å². The molecule has 94 valence electrons. The van der Waals surface area contributed by atoms with Gasteiger partial charge in [-0.1, -0.05) is 36.4 Å². The number of benzene rings is 2. The van der Waals surface area contributed by atoms with Crippen LogP contribution >= 0.6 is 0 Å². The van der Waals surface area contributed by atoms with Crippen LogP contribution in [0, 0.1) is 11.6 Å². The average Bonchev–Trinajstić information content (AvgIpc) is 2.39. The van der Waals surface area contributed by atoms with Crippen LogP contribution in [0.2, 0.25) is 0 Å². The number of halogens is 2. The molecule has 2 aromatic carbocycles. The van der Waals surface area contributed by atoms with Crippen molar-refractivity contribution < 1.29 is 8.78 Å². The minimum atomic E-state index is -0.511. The van der Waals surface area contributed by atoms with E-state index in [9.17, 15) is 8.78 Å². The molecule has 0 bridgehead atoms. The van der Waals surface area contributed by atoms with E-state index in [4.69, 9.17) is 0 Å². The fourth-order valence-corrected chi connectivity index (χ4v) is 1.82. The molecule has 0 unspecified atom stereocenters. The van der Waals surface area contributed by atoms with Gasteiger partial charge < -0.3 is 5.32 Å². The third kappa shape index (κ3) is 2.93. The van der Waals surface area contributed by atoms with Gasteiger partial charge in [0.2, 0.25) is 0 Å². The molecular formula is C15H15F2N. The molecule has 18 heavy (non-hydrogen) atoms. The zero-order valence-electron chi connectivity index (χ0n) is 10.2. The smallest absolute Gasteiger partial charge is 0.130 e. The third-order valence-electron chi connectivity index (χ3n) is 2.95. The SMILES string of the molecule is C[C@@H](NCc1c(F)cccc1F)c1ccccc1. The molecule has 0 saturated carbocycles. The van der Waals surface area contributed by atoms with Crippen LogP contribution in [0.4, 0.5) is 8.78 Å². The molecule has 1 atom stereocenters. The lowest BCUT2D eigenvalue weighted by atomic mass is 10.1. The lowest BCUT2D eigenvalue weighted by molar-refractivity contribution is 0.509. The molecule has 0 amide bonds. The fraction of sp³-hybridized carbons (Fsp3) is 0.200.